The molecular weight excluding hydrogens is 390 g/mol. The number of thioether (sulfide) groups is 1. The fourth-order valence-corrected chi connectivity index (χ4v) is 5.77. The Morgan fingerprint density at radius 2 is 2.08 bits per heavy atom. The Hall–Kier alpha value is -0.840. The van der Waals surface area contributed by atoms with E-state index < -0.39 is 10.0 Å². The standard InChI is InChI=1S/C16H29N5O2S3/c1-4-17-16(19-11-15-20-14(12-25-15)13(2)3)18-5-10-26(22,23)21-6-8-24-9-7-21/h12-13H,4-11H2,1-3H3,(H2,17,18,19). The second kappa shape index (κ2) is 10.5. The van der Waals surface area contributed by atoms with Crippen molar-refractivity contribution in [1.29, 1.82) is 0 Å². The van der Waals surface area contributed by atoms with Crippen molar-refractivity contribution in [3.05, 3.63) is 16.1 Å². The summed E-state index contributed by atoms with van der Waals surface area (Å²) in [5, 5.41) is 9.30. The number of aliphatic imine (C=N–C) groups is 1. The number of guanidine groups is 1. The molecule has 0 unspecified atom stereocenters. The molecule has 0 saturated carbocycles. The van der Waals surface area contributed by atoms with Crippen molar-refractivity contribution >= 4 is 39.1 Å². The first-order valence-electron chi connectivity index (χ1n) is 8.94. The third-order valence-electron chi connectivity index (χ3n) is 3.89. The van der Waals surface area contributed by atoms with Crippen LogP contribution in [-0.4, -0.2) is 67.1 Å². The highest BCUT2D eigenvalue weighted by molar-refractivity contribution is 7.99. The third-order valence-corrected chi connectivity index (χ3v) is 7.56. The van der Waals surface area contributed by atoms with Gasteiger partial charge in [-0.1, -0.05) is 13.8 Å². The first-order chi connectivity index (χ1) is 12.4. The van der Waals surface area contributed by atoms with Gasteiger partial charge in [-0.3, -0.25) is 0 Å². The molecule has 2 N–H and O–H groups in total. The molecule has 1 aromatic heterocycles. The predicted molar refractivity (Wildman–Crippen MR) is 112 cm³/mol. The summed E-state index contributed by atoms with van der Waals surface area (Å²) in [5.41, 5.74) is 1.09. The second-order valence-electron chi connectivity index (χ2n) is 6.27. The lowest BCUT2D eigenvalue weighted by molar-refractivity contribution is 0.443. The number of hydrogen-bond donors (Lipinski definition) is 2. The number of sulfonamides is 1. The Morgan fingerprint density at radius 1 is 1.35 bits per heavy atom. The molecule has 1 aliphatic heterocycles. The summed E-state index contributed by atoms with van der Waals surface area (Å²) in [6, 6.07) is 0. The smallest absolute Gasteiger partial charge is 0.215 e. The molecule has 0 radical (unpaired) electrons. The summed E-state index contributed by atoms with van der Waals surface area (Å²) in [7, 11) is -3.20. The van der Waals surface area contributed by atoms with E-state index in [0.717, 1.165) is 28.8 Å². The van der Waals surface area contributed by atoms with Gasteiger partial charge in [0.2, 0.25) is 10.0 Å². The van der Waals surface area contributed by atoms with E-state index in [-0.39, 0.29) is 5.75 Å². The van der Waals surface area contributed by atoms with E-state index in [1.54, 1.807) is 27.4 Å². The van der Waals surface area contributed by atoms with E-state index in [1.807, 2.05) is 6.92 Å². The molecule has 2 rings (SSSR count). The lowest BCUT2D eigenvalue weighted by atomic mass is 10.2. The van der Waals surface area contributed by atoms with Crippen LogP contribution in [0, 0.1) is 0 Å². The maximum absolute atomic E-state index is 12.4. The number of nitrogens with one attached hydrogen (secondary N) is 2. The molecule has 10 heteroatoms. The second-order valence-corrected chi connectivity index (χ2v) is 10.5. The van der Waals surface area contributed by atoms with Gasteiger partial charge in [0.25, 0.3) is 0 Å². The van der Waals surface area contributed by atoms with Crippen molar-refractivity contribution in [3.8, 4) is 0 Å². The van der Waals surface area contributed by atoms with E-state index in [9.17, 15) is 8.42 Å². The minimum Gasteiger partial charge on any atom is -0.357 e. The summed E-state index contributed by atoms with van der Waals surface area (Å²) in [6.45, 7) is 9.00. The van der Waals surface area contributed by atoms with Crippen molar-refractivity contribution in [1.82, 2.24) is 19.9 Å². The zero-order valence-corrected chi connectivity index (χ0v) is 18.1. The number of aromatic nitrogens is 1. The van der Waals surface area contributed by atoms with E-state index in [0.29, 0.717) is 38.1 Å². The SMILES string of the molecule is CCNC(=NCc1nc(C(C)C)cs1)NCCS(=O)(=O)N1CCSCC1. The maximum Gasteiger partial charge on any atom is 0.215 e. The minimum atomic E-state index is -3.20. The van der Waals surface area contributed by atoms with Gasteiger partial charge in [0.05, 0.1) is 18.0 Å². The van der Waals surface area contributed by atoms with Gasteiger partial charge in [0, 0.05) is 43.1 Å². The predicted octanol–water partition coefficient (Wildman–Crippen LogP) is 1.70. The Labute approximate surface area is 165 Å². The van der Waals surface area contributed by atoms with Gasteiger partial charge in [0.15, 0.2) is 5.96 Å². The molecule has 1 aliphatic rings. The molecule has 1 aromatic rings. The molecule has 2 heterocycles. The summed E-state index contributed by atoms with van der Waals surface area (Å²) < 4.78 is 26.4. The highest BCUT2D eigenvalue weighted by Crippen LogP contribution is 2.18. The van der Waals surface area contributed by atoms with Gasteiger partial charge in [-0.05, 0) is 12.8 Å². The number of thiazole rings is 1. The van der Waals surface area contributed by atoms with E-state index >= 15 is 0 Å². The molecule has 1 saturated heterocycles. The van der Waals surface area contributed by atoms with Crippen LogP contribution in [0.15, 0.2) is 10.4 Å². The fourth-order valence-electron chi connectivity index (χ4n) is 2.40. The quantitative estimate of drug-likeness (QED) is 0.493. The average molecular weight is 420 g/mol. The van der Waals surface area contributed by atoms with Gasteiger partial charge in [0.1, 0.15) is 5.01 Å². The van der Waals surface area contributed by atoms with Crippen LogP contribution >= 0.6 is 23.1 Å². The Bertz CT molecular complexity index is 682. The molecule has 0 amide bonds. The number of hydrogen-bond acceptors (Lipinski definition) is 6. The van der Waals surface area contributed by atoms with Crippen LogP contribution in [-0.2, 0) is 16.6 Å². The van der Waals surface area contributed by atoms with Crippen LogP contribution in [0.4, 0.5) is 0 Å². The van der Waals surface area contributed by atoms with Crippen molar-refractivity contribution < 1.29 is 8.42 Å². The molecule has 0 aromatic carbocycles. The summed E-state index contributed by atoms with van der Waals surface area (Å²) in [6.07, 6.45) is 0. The largest absolute Gasteiger partial charge is 0.357 e. The Balaban J connectivity index is 1.86. The molecular formula is C16H29N5O2S3. The van der Waals surface area contributed by atoms with E-state index in [1.165, 1.54) is 0 Å². The Kier molecular flexibility index (Phi) is 8.65. The van der Waals surface area contributed by atoms with Gasteiger partial charge < -0.3 is 10.6 Å². The van der Waals surface area contributed by atoms with Crippen molar-refractivity contribution in [2.75, 3.05) is 43.4 Å². The zero-order chi connectivity index (χ0) is 19.0. The monoisotopic (exact) mass is 419 g/mol. The summed E-state index contributed by atoms with van der Waals surface area (Å²) >= 11 is 3.41. The first kappa shape index (κ1) is 21.5. The molecule has 0 spiro atoms. The maximum atomic E-state index is 12.4. The van der Waals surface area contributed by atoms with Crippen molar-refractivity contribution in [2.45, 2.75) is 33.2 Å². The topological polar surface area (TPSA) is 86.7 Å². The molecule has 7 nitrogen and oxygen atoms in total. The third kappa shape index (κ3) is 6.71. The van der Waals surface area contributed by atoms with Crippen LogP contribution in [0.1, 0.15) is 37.4 Å². The van der Waals surface area contributed by atoms with Gasteiger partial charge in [-0.15, -0.1) is 11.3 Å². The molecule has 1 fully saturated rings. The molecule has 0 atom stereocenters. The van der Waals surface area contributed by atoms with Crippen LogP contribution < -0.4 is 10.6 Å². The lowest BCUT2D eigenvalue weighted by Crippen LogP contribution is -2.44. The first-order valence-corrected chi connectivity index (χ1v) is 12.6. The van der Waals surface area contributed by atoms with Gasteiger partial charge >= 0.3 is 0 Å². The summed E-state index contributed by atoms with van der Waals surface area (Å²) in [4.78, 5) is 9.09. The highest BCUT2D eigenvalue weighted by atomic mass is 32.2. The number of nitrogens with zero attached hydrogens (tertiary/aromatic N) is 3. The molecule has 0 aliphatic carbocycles. The van der Waals surface area contributed by atoms with Crippen LogP contribution in [0.25, 0.3) is 0 Å². The number of rotatable bonds is 8. The van der Waals surface area contributed by atoms with Crippen molar-refractivity contribution in [2.24, 2.45) is 4.99 Å². The van der Waals surface area contributed by atoms with Crippen molar-refractivity contribution in [3.63, 3.8) is 0 Å². The normalized spacial score (nSPS) is 16.8. The van der Waals surface area contributed by atoms with Gasteiger partial charge in [-0.25, -0.2) is 22.7 Å². The Morgan fingerprint density at radius 3 is 2.69 bits per heavy atom. The fraction of sp³-hybridized carbons (Fsp3) is 0.750. The summed E-state index contributed by atoms with van der Waals surface area (Å²) in [5.74, 6) is 2.87. The van der Waals surface area contributed by atoms with Gasteiger partial charge in [-0.2, -0.15) is 11.8 Å². The van der Waals surface area contributed by atoms with E-state index in [2.05, 4.69) is 39.8 Å². The molecule has 0 bridgehead atoms. The van der Waals surface area contributed by atoms with Crippen LogP contribution in [0.3, 0.4) is 0 Å². The molecule has 26 heavy (non-hydrogen) atoms. The van der Waals surface area contributed by atoms with E-state index in [4.69, 9.17) is 0 Å². The van der Waals surface area contributed by atoms with Crippen LogP contribution in [0.5, 0.6) is 0 Å². The zero-order valence-electron chi connectivity index (χ0n) is 15.7. The van der Waals surface area contributed by atoms with Crippen LogP contribution in [0.2, 0.25) is 0 Å². The lowest BCUT2D eigenvalue weighted by Gasteiger charge is -2.25. The molecule has 148 valence electrons. The average Bonchev–Trinajstić information content (AvgIpc) is 3.10. The highest BCUT2D eigenvalue weighted by Gasteiger charge is 2.23. The minimum absolute atomic E-state index is 0.0802.